The number of nitrogens with zero attached hydrogens (tertiary/aromatic N) is 4. The molecule has 0 unspecified atom stereocenters. The van der Waals surface area contributed by atoms with Crippen molar-refractivity contribution in [1.82, 2.24) is 9.97 Å². The Balaban J connectivity index is 1.45. The zero-order valence-electron chi connectivity index (χ0n) is 11.6. The van der Waals surface area contributed by atoms with E-state index >= 15 is 0 Å². The molecule has 108 valence electrons. The van der Waals surface area contributed by atoms with Crippen molar-refractivity contribution in [3.05, 3.63) is 36.7 Å². The van der Waals surface area contributed by atoms with Crippen LogP contribution < -0.4 is 19.3 Å². The van der Waals surface area contributed by atoms with Crippen molar-refractivity contribution in [2.45, 2.75) is 0 Å². The smallest absolute Gasteiger partial charge is 0.231 e. The van der Waals surface area contributed by atoms with Crippen LogP contribution in [0.2, 0.25) is 0 Å². The zero-order chi connectivity index (χ0) is 14.1. The average molecular weight is 284 g/mol. The van der Waals surface area contributed by atoms with Crippen molar-refractivity contribution in [1.29, 1.82) is 0 Å². The minimum atomic E-state index is 0.317. The molecule has 0 radical (unpaired) electrons. The molecule has 1 saturated heterocycles. The molecule has 21 heavy (non-hydrogen) atoms. The SMILES string of the molecule is c1cnc(N2CCN(c3ccc4c(c3)OCO4)CC2)nc1. The summed E-state index contributed by atoms with van der Waals surface area (Å²) in [5.41, 5.74) is 1.17. The lowest BCUT2D eigenvalue weighted by atomic mass is 10.2. The molecule has 0 saturated carbocycles. The zero-order valence-corrected chi connectivity index (χ0v) is 11.6. The van der Waals surface area contributed by atoms with Gasteiger partial charge in [0.25, 0.3) is 0 Å². The van der Waals surface area contributed by atoms with E-state index in [9.17, 15) is 0 Å². The van der Waals surface area contributed by atoms with Crippen molar-refractivity contribution < 1.29 is 9.47 Å². The fraction of sp³-hybridized carbons (Fsp3) is 0.333. The van der Waals surface area contributed by atoms with Gasteiger partial charge in [-0.2, -0.15) is 0 Å². The lowest BCUT2D eigenvalue weighted by molar-refractivity contribution is 0.174. The predicted molar refractivity (Wildman–Crippen MR) is 79.0 cm³/mol. The summed E-state index contributed by atoms with van der Waals surface area (Å²) >= 11 is 0. The van der Waals surface area contributed by atoms with E-state index in [1.54, 1.807) is 12.4 Å². The lowest BCUT2D eigenvalue weighted by Gasteiger charge is -2.36. The first-order valence-corrected chi connectivity index (χ1v) is 7.07. The van der Waals surface area contributed by atoms with E-state index in [1.807, 2.05) is 12.1 Å². The van der Waals surface area contributed by atoms with Gasteiger partial charge in [0.15, 0.2) is 11.5 Å². The number of fused-ring (bicyclic) bond motifs is 1. The van der Waals surface area contributed by atoms with Crippen LogP contribution in [0.15, 0.2) is 36.7 Å². The van der Waals surface area contributed by atoms with E-state index in [-0.39, 0.29) is 0 Å². The first kappa shape index (κ1) is 12.3. The molecule has 0 amide bonds. The molecular formula is C15H16N4O2. The van der Waals surface area contributed by atoms with Gasteiger partial charge in [0.2, 0.25) is 12.7 Å². The van der Waals surface area contributed by atoms with Gasteiger partial charge in [0, 0.05) is 50.3 Å². The molecule has 0 bridgehead atoms. The second kappa shape index (κ2) is 5.12. The highest BCUT2D eigenvalue weighted by Crippen LogP contribution is 2.35. The van der Waals surface area contributed by atoms with Gasteiger partial charge in [-0.1, -0.05) is 0 Å². The summed E-state index contributed by atoms with van der Waals surface area (Å²) in [7, 11) is 0. The summed E-state index contributed by atoms with van der Waals surface area (Å²) in [5, 5.41) is 0. The van der Waals surface area contributed by atoms with E-state index in [4.69, 9.17) is 9.47 Å². The Morgan fingerprint density at radius 2 is 1.57 bits per heavy atom. The molecule has 2 aliphatic rings. The Morgan fingerprint density at radius 1 is 0.857 bits per heavy atom. The molecule has 0 N–H and O–H groups in total. The largest absolute Gasteiger partial charge is 0.454 e. The highest BCUT2D eigenvalue weighted by Gasteiger charge is 2.21. The van der Waals surface area contributed by atoms with Crippen LogP contribution in [-0.4, -0.2) is 42.9 Å². The van der Waals surface area contributed by atoms with Crippen LogP contribution in [0.3, 0.4) is 0 Å². The number of rotatable bonds is 2. The van der Waals surface area contributed by atoms with Crippen molar-refractivity contribution in [2.75, 3.05) is 42.8 Å². The summed E-state index contributed by atoms with van der Waals surface area (Å²) in [6, 6.07) is 7.95. The molecule has 1 aromatic carbocycles. The summed E-state index contributed by atoms with van der Waals surface area (Å²) in [6.45, 7) is 4.03. The number of anilines is 2. The molecule has 2 aliphatic heterocycles. The maximum absolute atomic E-state index is 5.44. The predicted octanol–water partition coefficient (Wildman–Crippen LogP) is 1.53. The molecule has 6 nitrogen and oxygen atoms in total. The van der Waals surface area contributed by atoms with E-state index in [2.05, 4.69) is 31.9 Å². The van der Waals surface area contributed by atoms with E-state index < -0.39 is 0 Å². The van der Waals surface area contributed by atoms with Crippen molar-refractivity contribution in [3.63, 3.8) is 0 Å². The monoisotopic (exact) mass is 284 g/mol. The van der Waals surface area contributed by atoms with Gasteiger partial charge in [0.1, 0.15) is 0 Å². The third kappa shape index (κ3) is 2.33. The molecule has 0 spiro atoms. The van der Waals surface area contributed by atoms with Gasteiger partial charge in [-0.05, 0) is 18.2 Å². The highest BCUT2D eigenvalue weighted by atomic mass is 16.7. The van der Waals surface area contributed by atoms with E-state index in [0.29, 0.717) is 6.79 Å². The van der Waals surface area contributed by atoms with Gasteiger partial charge in [-0.25, -0.2) is 9.97 Å². The van der Waals surface area contributed by atoms with Crippen LogP contribution in [0.25, 0.3) is 0 Å². The van der Waals surface area contributed by atoms with E-state index in [0.717, 1.165) is 43.6 Å². The van der Waals surface area contributed by atoms with Crippen LogP contribution in [0.5, 0.6) is 11.5 Å². The quantitative estimate of drug-likeness (QED) is 0.833. The summed E-state index contributed by atoms with van der Waals surface area (Å²) < 4.78 is 10.8. The Labute approximate surface area is 122 Å². The Kier molecular flexibility index (Phi) is 2.99. The normalized spacial score (nSPS) is 17.1. The van der Waals surface area contributed by atoms with Crippen LogP contribution in [0, 0.1) is 0 Å². The Hall–Kier alpha value is -2.50. The van der Waals surface area contributed by atoms with Gasteiger partial charge < -0.3 is 19.3 Å². The average Bonchev–Trinajstić information content (AvgIpc) is 3.03. The van der Waals surface area contributed by atoms with Crippen LogP contribution >= 0.6 is 0 Å². The maximum Gasteiger partial charge on any atom is 0.231 e. The second-order valence-electron chi connectivity index (χ2n) is 5.06. The first-order chi connectivity index (χ1) is 10.4. The summed E-state index contributed by atoms with van der Waals surface area (Å²) in [5.74, 6) is 2.47. The number of hydrogen-bond acceptors (Lipinski definition) is 6. The molecule has 1 fully saturated rings. The number of aromatic nitrogens is 2. The topological polar surface area (TPSA) is 50.7 Å². The van der Waals surface area contributed by atoms with Crippen molar-refractivity contribution >= 4 is 11.6 Å². The van der Waals surface area contributed by atoms with Crippen molar-refractivity contribution in [3.8, 4) is 11.5 Å². The molecule has 4 rings (SSSR count). The van der Waals surface area contributed by atoms with Crippen LogP contribution in [-0.2, 0) is 0 Å². The second-order valence-corrected chi connectivity index (χ2v) is 5.06. The number of piperazine rings is 1. The Bertz CT molecular complexity index is 627. The van der Waals surface area contributed by atoms with Gasteiger partial charge in [0.05, 0.1) is 0 Å². The third-order valence-electron chi connectivity index (χ3n) is 3.84. The number of benzene rings is 1. The lowest BCUT2D eigenvalue weighted by Crippen LogP contribution is -2.47. The standard InChI is InChI=1S/C15H16N4O2/c1-4-16-15(17-5-1)19-8-6-18(7-9-19)12-2-3-13-14(10-12)21-11-20-13/h1-5,10H,6-9,11H2. The van der Waals surface area contributed by atoms with Gasteiger partial charge in [-0.3, -0.25) is 0 Å². The molecule has 1 aromatic heterocycles. The molecule has 2 aromatic rings. The summed E-state index contributed by atoms with van der Waals surface area (Å²) in [6.07, 6.45) is 3.57. The van der Waals surface area contributed by atoms with E-state index in [1.165, 1.54) is 5.69 Å². The van der Waals surface area contributed by atoms with Crippen LogP contribution in [0.1, 0.15) is 0 Å². The van der Waals surface area contributed by atoms with Gasteiger partial charge in [-0.15, -0.1) is 0 Å². The number of ether oxygens (including phenoxy) is 2. The molecular weight excluding hydrogens is 268 g/mol. The fourth-order valence-corrected chi connectivity index (χ4v) is 2.70. The molecule has 0 atom stereocenters. The number of hydrogen-bond donors (Lipinski definition) is 0. The Morgan fingerprint density at radius 3 is 2.38 bits per heavy atom. The summed E-state index contributed by atoms with van der Waals surface area (Å²) in [4.78, 5) is 13.2. The molecule has 0 aliphatic carbocycles. The van der Waals surface area contributed by atoms with Crippen molar-refractivity contribution in [2.24, 2.45) is 0 Å². The molecule has 6 heteroatoms. The first-order valence-electron chi connectivity index (χ1n) is 7.07. The maximum atomic E-state index is 5.44. The minimum Gasteiger partial charge on any atom is -0.454 e. The van der Waals surface area contributed by atoms with Gasteiger partial charge >= 0.3 is 0 Å². The highest BCUT2D eigenvalue weighted by molar-refractivity contribution is 5.58. The van der Waals surface area contributed by atoms with Crippen LogP contribution in [0.4, 0.5) is 11.6 Å². The minimum absolute atomic E-state index is 0.317. The fourth-order valence-electron chi connectivity index (χ4n) is 2.70. The molecule has 3 heterocycles. The third-order valence-corrected chi connectivity index (χ3v) is 3.84.